The van der Waals surface area contributed by atoms with Crippen molar-refractivity contribution in [2.75, 3.05) is 33.7 Å². The summed E-state index contributed by atoms with van der Waals surface area (Å²) in [6.45, 7) is 3.60. The molecule has 1 N–H and O–H groups in total. The van der Waals surface area contributed by atoms with Crippen LogP contribution < -0.4 is 0 Å². The molecule has 1 aliphatic rings. The number of rotatable bonds is 3. The molecule has 0 aliphatic carbocycles. The smallest absolute Gasteiger partial charge is 0.383 e. The lowest BCUT2D eigenvalue weighted by molar-refractivity contribution is -0.210. The van der Waals surface area contributed by atoms with Gasteiger partial charge in [0.2, 0.25) is 5.89 Å². The van der Waals surface area contributed by atoms with E-state index < -0.39 is 18.2 Å². The molecule has 2 heterocycles. The third-order valence-corrected chi connectivity index (χ3v) is 3.81. The van der Waals surface area contributed by atoms with E-state index in [9.17, 15) is 18.3 Å². The van der Waals surface area contributed by atoms with Gasteiger partial charge in [0.15, 0.2) is 11.9 Å². The predicted molar refractivity (Wildman–Crippen MR) is 67.6 cm³/mol. The molecule has 0 saturated carbocycles. The van der Waals surface area contributed by atoms with Crippen molar-refractivity contribution < 1.29 is 22.8 Å². The van der Waals surface area contributed by atoms with Crippen LogP contribution in [-0.2, 0) is 0 Å². The van der Waals surface area contributed by atoms with E-state index in [4.69, 9.17) is 4.52 Å². The van der Waals surface area contributed by atoms with Crippen LogP contribution in [0.15, 0.2) is 4.52 Å². The molecule has 0 bridgehead atoms. The van der Waals surface area contributed by atoms with E-state index >= 15 is 0 Å². The summed E-state index contributed by atoms with van der Waals surface area (Å²) in [6.07, 6.45) is -7.23. The Hall–Kier alpha value is -1.19. The number of alkyl halides is 3. The van der Waals surface area contributed by atoms with Gasteiger partial charge in [-0.25, -0.2) is 0 Å². The van der Waals surface area contributed by atoms with Gasteiger partial charge < -0.3 is 14.5 Å². The van der Waals surface area contributed by atoms with Crippen LogP contribution in [0.5, 0.6) is 0 Å². The molecule has 0 radical (unpaired) electrons. The molecular formula is C12H19F3N4O2. The van der Waals surface area contributed by atoms with Crippen molar-refractivity contribution >= 4 is 0 Å². The largest absolute Gasteiger partial charge is 0.415 e. The second-order valence-corrected chi connectivity index (χ2v) is 5.52. The molecule has 1 fully saturated rings. The van der Waals surface area contributed by atoms with E-state index in [1.165, 1.54) is 6.92 Å². The second-order valence-electron chi connectivity index (χ2n) is 5.52. The van der Waals surface area contributed by atoms with Crippen molar-refractivity contribution in [3.63, 3.8) is 0 Å². The molecule has 6 nitrogen and oxygen atoms in total. The lowest BCUT2D eigenvalue weighted by atomic mass is 10.0. The van der Waals surface area contributed by atoms with Crippen LogP contribution in [0.1, 0.15) is 30.6 Å². The van der Waals surface area contributed by atoms with Crippen LogP contribution in [0.4, 0.5) is 13.2 Å². The maximum atomic E-state index is 12.5. The Morgan fingerprint density at radius 3 is 2.62 bits per heavy atom. The minimum Gasteiger partial charge on any atom is -0.383 e. The fraction of sp³-hybridized carbons (Fsp3) is 0.833. The molecule has 1 aromatic heterocycles. The Morgan fingerprint density at radius 2 is 2.00 bits per heavy atom. The Balaban J connectivity index is 2.14. The number of halogens is 3. The molecule has 3 unspecified atom stereocenters. The molecule has 0 aromatic carbocycles. The van der Waals surface area contributed by atoms with Crippen molar-refractivity contribution in [2.24, 2.45) is 0 Å². The summed E-state index contributed by atoms with van der Waals surface area (Å²) in [5, 5.41) is 13.0. The number of piperazine rings is 1. The summed E-state index contributed by atoms with van der Waals surface area (Å²) in [5.74, 6) is -1.14. The van der Waals surface area contributed by atoms with Gasteiger partial charge in [-0.1, -0.05) is 12.1 Å². The third-order valence-electron chi connectivity index (χ3n) is 3.81. The van der Waals surface area contributed by atoms with Gasteiger partial charge in [-0.3, -0.25) is 4.90 Å². The first-order valence-electron chi connectivity index (χ1n) is 6.67. The number of aliphatic hydroxyl groups excluding tert-OH is 1. The molecular weight excluding hydrogens is 289 g/mol. The number of aromatic nitrogens is 2. The van der Waals surface area contributed by atoms with Gasteiger partial charge in [0.05, 0.1) is 12.0 Å². The van der Waals surface area contributed by atoms with Gasteiger partial charge in [-0.05, 0) is 14.1 Å². The Morgan fingerprint density at radius 1 is 1.33 bits per heavy atom. The van der Waals surface area contributed by atoms with Crippen LogP contribution in [-0.4, -0.2) is 71.1 Å². The van der Waals surface area contributed by atoms with Crippen LogP contribution in [0, 0.1) is 0 Å². The number of aliphatic hydroxyl groups is 1. The highest BCUT2D eigenvalue weighted by Crippen LogP contribution is 2.31. The van der Waals surface area contributed by atoms with E-state index in [0.29, 0.717) is 12.4 Å². The first-order chi connectivity index (χ1) is 9.70. The average Bonchev–Trinajstić information content (AvgIpc) is 2.88. The summed E-state index contributed by atoms with van der Waals surface area (Å²) < 4.78 is 42.4. The number of likely N-dealkylation sites (N-methyl/N-ethyl adjacent to an activating group) is 2. The monoisotopic (exact) mass is 308 g/mol. The predicted octanol–water partition coefficient (Wildman–Crippen LogP) is 1.01. The molecule has 2 rings (SSSR count). The van der Waals surface area contributed by atoms with Crippen molar-refractivity contribution in [3.8, 4) is 0 Å². The van der Waals surface area contributed by atoms with E-state index in [1.807, 2.05) is 19.0 Å². The summed E-state index contributed by atoms with van der Waals surface area (Å²) >= 11 is 0. The maximum Gasteiger partial charge on any atom is 0.415 e. The molecule has 1 saturated heterocycles. The van der Waals surface area contributed by atoms with Gasteiger partial charge >= 0.3 is 6.18 Å². The Labute approximate surface area is 120 Å². The van der Waals surface area contributed by atoms with Crippen LogP contribution in [0.3, 0.4) is 0 Å². The lowest BCUT2D eigenvalue weighted by Gasteiger charge is -2.35. The van der Waals surface area contributed by atoms with E-state index in [2.05, 4.69) is 15.0 Å². The van der Waals surface area contributed by atoms with Gasteiger partial charge in [0.25, 0.3) is 0 Å². The highest BCUT2D eigenvalue weighted by atomic mass is 19.4. The zero-order valence-corrected chi connectivity index (χ0v) is 12.1. The van der Waals surface area contributed by atoms with Crippen LogP contribution in [0.2, 0.25) is 0 Å². The Kier molecular flexibility index (Phi) is 4.54. The highest BCUT2D eigenvalue weighted by molar-refractivity contribution is 5.02. The Bertz CT molecular complexity index is 479. The number of nitrogens with zero attached hydrogens (tertiary/aromatic N) is 4. The van der Waals surface area contributed by atoms with E-state index in [0.717, 1.165) is 13.1 Å². The molecule has 0 spiro atoms. The van der Waals surface area contributed by atoms with Gasteiger partial charge in [0, 0.05) is 19.6 Å². The van der Waals surface area contributed by atoms with Gasteiger partial charge in [-0.2, -0.15) is 18.2 Å². The lowest BCUT2D eigenvalue weighted by Crippen LogP contribution is -2.45. The number of hydrogen-bond acceptors (Lipinski definition) is 6. The first kappa shape index (κ1) is 16.2. The molecule has 3 atom stereocenters. The van der Waals surface area contributed by atoms with Gasteiger partial charge in [-0.15, -0.1) is 0 Å². The fourth-order valence-corrected chi connectivity index (χ4v) is 2.28. The summed E-state index contributed by atoms with van der Waals surface area (Å²) in [6, 6.07) is -0.128. The summed E-state index contributed by atoms with van der Waals surface area (Å²) in [5.41, 5.74) is 0. The van der Waals surface area contributed by atoms with E-state index in [1.54, 1.807) is 0 Å². The summed E-state index contributed by atoms with van der Waals surface area (Å²) in [7, 11) is 3.86. The second kappa shape index (κ2) is 5.90. The SMILES string of the molecule is CC(c1nc(C2CN(C)CCN2C)no1)C(O)C(F)(F)F. The fourth-order valence-electron chi connectivity index (χ4n) is 2.28. The average molecular weight is 308 g/mol. The van der Waals surface area contributed by atoms with Crippen molar-refractivity contribution in [1.82, 2.24) is 19.9 Å². The molecule has 1 aromatic rings. The molecule has 9 heteroatoms. The first-order valence-corrected chi connectivity index (χ1v) is 6.67. The zero-order chi connectivity index (χ0) is 15.8. The van der Waals surface area contributed by atoms with Gasteiger partial charge in [0.1, 0.15) is 0 Å². The normalized spacial score (nSPS) is 25.0. The molecule has 1 aliphatic heterocycles. The quantitative estimate of drug-likeness (QED) is 0.899. The topological polar surface area (TPSA) is 65.6 Å². The third kappa shape index (κ3) is 3.53. The van der Waals surface area contributed by atoms with Crippen molar-refractivity contribution in [2.45, 2.75) is 31.2 Å². The summed E-state index contributed by atoms with van der Waals surface area (Å²) in [4.78, 5) is 8.17. The minimum absolute atomic E-state index is 0.128. The zero-order valence-electron chi connectivity index (χ0n) is 12.1. The number of hydrogen-bond donors (Lipinski definition) is 1. The minimum atomic E-state index is -4.71. The van der Waals surface area contributed by atoms with Crippen molar-refractivity contribution in [3.05, 3.63) is 11.7 Å². The van der Waals surface area contributed by atoms with E-state index in [-0.39, 0.29) is 11.9 Å². The molecule has 21 heavy (non-hydrogen) atoms. The molecule has 0 amide bonds. The standard InChI is InChI=1S/C12H19F3N4O2/c1-7(9(20)12(13,14)15)11-16-10(17-21-11)8-6-18(2)4-5-19(8)3/h7-9,20H,4-6H2,1-3H3. The van der Waals surface area contributed by atoms with Crippen molar-refractivity contribution in [1.29, 1.82) is 0 Å². The van der Waals surface area contributed by atoms with Crippen LogP contribution >= 0.6 is 0 Å². The molecule has 120 valence electrons. The highest BCUT2D eigenvalue weighted by Gasteiger charge is 2.44. The maximum absolute atomic E-state index is 12.5. The van der Waals surface area contributed by atoms with Crippen LogP contribution in [0.25, 0.3) is 0 Å².